The first kappa shape index (κ1) is 22.4. The van der Waals surface area contributed by atoms with Crippen LogP contribution in [0.2, 0.25) is 0 Å². The summed E-state index contributed by atoms with van der Waals surface area (Å²) in [6.45, 7) is 4.47. The lowest BCUT2D eigenvalue weighted by atomic mass is 9.84. The van der Waals surface area contributed by atoms with Gasteiger partial charge in [0, 0.05) is 23.2 Å². The van der Waals surface area contributed by atoms with Gasteiger partial charge in [-0.2, -0.15) is 0 Å². The zero-order valence-corrected chi connectivity index (χ0v) is 17.8. The zero-order chi connectivity index (χ0) is 22.6. The summed E-state index contributed by atoms with van der Waals surface area (Å²) in [5, 5.41) is 2.89. The van der Waals surface area contributed by atoms with E-state index < -0.39 is 26.6 Å². The summed E-state index contributed by atoms with van der Waals surface area (Å²) >= 11 is 0. The highest BCUT2D eigenvalue weighted by atomic mass is 32.2. The molecule has 3 rings (SSSR count). The van der Waals surface area contributed by atoms with E-state index in [1.165, 1.54) is 24.3 Å². The number of halogens is 2. The highest BCUT2D eigenvalue weighted by molar-refractivity contribution is 7.92. The number of rotatable bonds is 7. The third-order valence-electron chi connectivity index (χ3n) is 4.85. The van der Waals surface area contributed by atoms with E-state index in [4.69, 9.17) is 0 Å². The maximum atomic E-state index is 13.3. The van der Waals surface area contributed by atoms with E-state index in [2.05, 4.69) is 10.0 Å². The number of amides is 1. The first-order valence-corrected chi connectivity index (χ1v) is 11.0. The number of hydrogen-bond acceptors (Lipinski definition) is 3. The van der Waals surface area contributed by atoms with Crippen LogP contribution in [0.5, 0.6) is 0 Å². The minimum absolute atomic E-state index is 0.186. The number of anilines is 1. The van der Waals surface area contributed by atoms with Gasteiger partial charge in [0.1, 0.15) is 0 Å². The molecule has 2 N–H and O–H groups in total. The molecule has 3 aromatic carbocycles. The van der Waals surface area contributed by atoms with Crippen LogP contribution in [0.4, 0.5) is 14.5 Å². The van der Waals surface area contributed by atoms with Crippen LogP contribution in [0.3, 0.4) is 0 Å². The third-order valence-corrected chi connectivity index (χ3v) is 6.23. The second-order valence-corrected chi connectivity index (χ2v) is 9.37. The molecule has 1 amide bonds. The molecular formula is C23H22F2N2O3S. The monoisotopic (exact) mass is 444 g/mol. The lowest BCUT2D eigenvalue weighted by Crippen LogP contribution is -2.36. The van der Waals surface area contributed by atoms with Crippen molar-refractivity contribution >= 4 is 21.6 Å². The average molecular weight is 445 g/mol. The van der Waals surface area contributed by atoms with Crippen molar-refractivity contribution in [3.63, 3.8) is 0 Å². The summed E-state index contributed by atoms with van der Waals surface area (Å²) in [4.78, 5) is 12.1. The Kier molecular flexibility index (Phi) is 6.40. The minimum atomic E-state index is -4.10. The first-order chi connectivity index (χ1) is 14.6. The van der Waals surface area contributed by atoms with Gasteiger partial charge in [-0.05, 0) is 48.0 Å². The largest absolute Gasteiger partial charge is 0.351 e. The standard InChI is InChI=1S/C23H22F2N2O3S/c1-23(2,17-6-4-3-5-7-17)15-26-22(28)16-8-10-18(11-9-16)27-31(29,30)19-12-13-20(24)21(25)14-19/h3-14,27H,15H2,1-2H3,(H,26,28). The van der Waals surface area contributed by atoms with Gasteiger partial charge < -0.3 is 5.32 Å². The van der Waals surface area contributed by atoms with Crippen LogP contribution >= 0.6 is 0 Å². The fourth-order valence-electron chi connectivity index (χ4n) is 2.94. The molecule has 0 saturated carbocycles. The van der Waals surface area contributed by atoms with Gasteiger partial charge in [-0.15, -0.1) is 0 Å². The molecule has 0 unspecified atom stereocenters. The number of carbonyl (C=O) groups is 1. The topological polar surface area (TPSA) is 75.3 Å². The second kappa shape index (κ2) is 8.85. The van der Waals surface area contributed by atoms with Crippen molar-refractivity contribution in [2.45, 2.75) is 24.2 Å². The fraction of sp³-hybridized carbons (Fsp3) is 0.174. The van der Waals surface area contributed by atoms with Crippen molar-refractivity contribution in [1.29, 1.82) is 0 Å². The van der Waals surface area contributed by atoms with Crippen molar-refractivity contribution in [3.8, 4) is 0 Å². The van der Waals surface area contributed by atoms with E-state index in [1.807, 2.05) is 44.2 Å². The smallest absolute Gasteiger partial charge is 0.261 e. The number of hydrogen-bond donors (Lipinski definition) is 2. The van der Waals surface area contributed by atoms with E-state index in [0.717, 1.165) is 17.7 Å². The average Bonchev–Trinajstić information content (AvgIpc) is 2.75. The Labute approximate surface area is 180 Å². The first-order valence-electron chi connectivity index (χ1n) is 9.50. The van der Waals surface area contributed by atoms with Crippen molar-refractivity contribution in [2.24, 2.45) is 0 Å². The predicted octanol–water partition coefficient (Wildman–Crippen LogP) is 4.47. The Bertz CT molecular complexity index is 1180. The fourth-order valence-corrected chi connectivity index (χ4v) is 4.01. The van der Waals surface area contributed by atoms with Gasteiger partial charge in [-0.25, -0.2) is 17.2 Å². The SMILES string of the molecule is CC(C)(CNC(=O)c1ccc(NS(=O)(=O)c2ccc(F)c(F)c2)cc1)c1ccccc1. The second-order valence-electron chi connectivity index (χ2n) is 7.69. The molecule has 5 nitrogen and oxygen atoms in total. The van der Waals surface area contributed by atoms with E-state index in [0.29, 0.717) is 18.2 Å². The molecule has 0 aliphatic carbocycles. The maximum Gasteiger partial charge on any atom is 0.261 e. The highest BCUT2D eigenvalue weighted by Gasteiger charge is 2.21. The Morgan fingerprint density at radius 2 is 1.55 bits per heavy atom. The Balaban J connectivity index is 1.65. The summed E-state index contributed by atoms with van der Waals surface area (Å²) in [6, 6.07) is 17.9. The molecule has 0 aliphatic heterocycles. The summed E-state index contributed by atoms with van der Waals surface area (Å²) in [5.74, 6) is -2.68. The number of carbonyl (C=O) groups excluding carboxylic acids is 1. The van der Waals surface area contributed by atoms with Gasteiger partial charge in [-0.3, -0.25) is 9.52 Å². The minimum Gasteiger partial charge on any atom is -0.351 e. The van der Waals surface area contributed by atoms with Gasteiger partial charge in [0.15, 0.2) is 11.6 Å². The van der Waals surface area contributed by atoms with E-state index in [-0.39, 0.29) is 17.0 Å². The van der Waals surface area contributed by atoms with Crippen LogP contribution in [-0.4, -0.2) is 20.9 Å². The van der Waals surface area contributed by atoms with Crippen molar-refractivity contribution in [1.82, 2.24) is 5.32 Å². The number of sulfonamides is 1. The van der Waals surface area contributed by atoms with E-state index in [1.54, 1.807) is 0 Å². The van der Waals surface area contributed by atoms with Gasteiger partial charge >= 0.3 is 0 Å². The molecule has 0 radical (unpaired) electrons. The quantitative estimate of drug-likeness (QED) is 0.565. The summed E-state index contributed by atoms with van der Waals surface area (Å²) < 4.78 is 53.4. The normalized spacial score (nSPS) is 11.7. The Hall–Kier alpha value is -3.26. The van der Waals surface area contributed by atoms with Crippen LogP contribution in [-0.2, 0) is 15.4 Å². The zero-order valence-electron chi connectivity index (χ0n) is 17.0. The van der Waals surface area contributed by atoms with Gasteiger partial charge in [0.05, 0.1) is 4.90 Å². The third kappa shape index (κ3) is 5.46. The summed E-state index contributed by atoms with van der Waals surface area (Å²) in [5.41, 5.74) is 1.37. The van der Waals surface area contributed by atoms with Crippen LogP contribution in [0.1, 0.15) is 29.8 Å². The lowest BCUT2D eigenvalue weighted by molar-refractivity contribution is 0.0945. The van der Waals surface area contributed by atoms with Crippen LogP contribution in [0, 0.1) is 11.6 Å². The summed E-state index contributed by atoms with van der Waals surface area (Å²) in [6.07, 6.45) is 0. The molecule has 0 atom stereocenters. The molecule has 162 valence electrons. The van der Waals surface area contributed by atoms with E-state index >= 15 is 0 Å². The Morgan fingerprint density at radius 3 is 2.16 bits per heavy atom. The molecule has 0 fully saturated rings. The molecule has 31 heavy (non-hydrogen) atoms. The van der Waals surface area contributed by atoms with Gasteiger partial charge in [0.2, 0.25) is 0 Å². The maximum absolute atomic E-state index is 13.3. The van der Waals surface area contributed by atoms with Crippen LogP contribution in [0.25, 0.3) is 0 Å². The molecule has 0 bridgehead atoms. The Morgan fingerprint density at radius 1 is 0.903 bits per heavy atom. The molecule has 3 aromatic rings. The molecule has 0 spiro atoms. The molecule has 0 saturated heterocycles. The van der Waals surface area contributed by atoms with Crippen LogP contribution in [0.15, 0.2) is 77.7 Å². The molecule has 0 heterocycles. The van der Waals surface area contributed by atoms with Crippen molar-refractivity contribution in [2.75, 3.05) is 11.3 Å². The molecule has 8 heteroatoms. The van der Waals surface area contributed by atoms with Crippen molar-refractivity contribution < 1.29 is 22.0 Å². The highest BCUT2D eigenvalue weighted by Crippen LogP contribution is 2.22. The summed E-state index contributed by atoms with van der Waals surface area (Å²) in [7, 11) is -4.10. The molecule has 0 aromatic heterocycles. The van der Waals surface area contributed by atoms with Gasteiger partial charge in [0.25, 0.3) is 15.9 Å². The van der Waals surface area contributed by atoms with Crippen molar-refractivity contribution in [3.05, 3.63) is 95.6 Å². The van der Waals surface area contributed by atoms with E-state index in [9.17, 15) is 22.0 Å². The number of benzene rings is 3. The lowest BCUT2D eigenvalue weighted by Gasteiger charge is -2.25. The predicted molar refractivity (Wildman–Crippen MR) is 115 cm³/mol. The number of nitrogens with one attached hydrogen (secondary N) is 2. The molecule has 0 aliphatic rings. The van der Waals surface area contributed by atoms with Gasteiger partial charge in [-0.1, -0.05) is 44.2 Å². The molecular weight excluding hydrogens is 422 g/mol. The van der Waals surface area contributed by atoms with Crippen LogP contribution < -0.4 is 10.0 Å².